The van der Waals surface area contributed by atoms with Crippen LogP contribution in [0, 0.1) is 11.8 Å². The molecule has 1 saturated heterocycles. The van der Waals surface area contributed by atoms with E-state index in [-0.39, 0.29) is 0 Å². The van der Waals surface area contributed by atoms with E-state index in [0.29, 0.717) is 0 Å². The van der Waals surface area contributed by atoms with E-state index in [1.165, 1.54) is 38.9 Å². The highest BCUT2D eigenvalue weighted by molar-refractivity contribution is 4.73. The fourth-order valence-corrected chi connectivity index (χ4v) is 1.97. The molecule has 1 unspecified atom stereocenters. The summed E-state index contributed by atoms with van der Waals surface area (Å²) in [5, 5.41) is 0. The molecule has 0 bridgehead atoms. The van der Waals surface area contributed by atoms with Gasteiger partial charge in [-0.3, -0.25) is 0 Å². The van der Waals surface area contributed by atoms with Gasteiger partial charge in [0.05, 0.1) is 0 Å². The zero-order valence-corrected chi connectivity index (χ0v) is 9.13. The lowest BCUT2D eigenvalue weighted by Gasteiger charge is -2.32. The van der Waals surface area contributed by atoms with Gasteiger partial charge in [0.1, 0.15) is 0 Å². The molecule has 2 heteroatoms. The minimum absolute atomic E-state index is 0.799. The molecule has 13 heavy (non-hydrogen) atoms. The summed E-state index contributed by atoms with van der Waals surface area (Å²) in [4.78, 5) is 2.60. The largest absolute Gasteiger partial charge is 0.330 e. The Bertz CT molecular complexity index is 128. The molecule has 2 N–H and O–H groups in total. The predicted molar refractivity (Wildman–Crippen MR) is 57.7 cm³/mol. The summed E-state index contributed by atoms with van der Waals surface area (Å²) >= 11 is 0. The summed E-state index contributed by atoms with van der Waals surface area (Å²) in [7, 11) is 0. The summed E-state index contributed by atoms with van der Waals surface area (Å²) in [5.41, 5.74) is 5.66. The molecule has 0 aromatic rings. The van der Waals surface area contributed by atoms with Crippen LogP contribution >= 0.6 is 0 Å². The van der Waals surface area contributed by atoms with Gasteiger partial charge in [0, 0.05) is 6.54 Å². The fourth-order valence-electron chi connectivity index (χ4n) is 1.97. The zero-order chi connectivity index (χ0) is 9.68. The average Bonchev–Trinajstić information content (AvgIpc) is 2.19. The molecule has 0 aromatic heterocycles. The SMILES string of the molecule is CCC(C)CN1CCC(CN)CC1. The third kappa shape index (κ3) is 3.65. The zero-order valence-electron chi connectivity index (χ0n) is 9.13. The van der Waals surface area contributed by atoms with Gasteiger partial charge in [-0.15, -0.1) is 0 Å². The first kappa shape index (κ1) is 11.0. The van der Waals surface area contributed by atoms with Gasteiger partial charge < -0.3 is 10.6 Å². The highest BCUT2D eigenvalue weighted by Crippen LogP contribution is 2.17. The molecule has 0 spiro atoms. The lowest BCUT2D eigenvalue weighted by molar-refractivity contribution is 0.165. The number of hydrogen-bond donors (Lipinski definition) is 1. The van der Waals surface area contributed by atoms with Gasteiger partial charge in [-0.1, -0.05) is 20.3 Å². The Morgan fingerprint density at radius 3 is 2.46 bits per heavy atom. The maximum atomic E-state index is 5.66. The van der Waals surface area contributed by atoms with Crippen molar-refractivity contribution >= 4 is 0 Å². The summed E-state index contributed by atoms with van der Waals surface area (Å²) in [5.74, 6) is 1.66. The number of piperidine rings is 1. The van der Waals surface area contributed by atoms with Gasteiger partial charge in [0.25, 0.3) is 0 Å². The average molecular weight is 184 g/mol. The second-order valence-corrected chi connectivity index (χ2v) is 4.49. The van der Waals surface area contributed by atoms with E-state index in [1.807, 2.05) is 0 Å². The van der Waals surface area contributed by atoms with Gasteiger partial charge in [-0.05, 0) is 44.3 Å². The minimum Gasteiger partial charge on any atom is -0.330 e. The smallest absolute Gasteiger partial charge is 0.000692 e. The van der Waals surface area contributed by atoms with Crippen LogP contribution in [0.2, 0.25) is 0 Å². The van der Waals surface area contributed by atoms with Gasteiger partial charge >= 0.3 is 0 Å². The summed E-state index contributed by atoms with van der Waals surface area (Å²) in [6.07, 6.45) is 3.93. The van der Waals surface area contributed by atoms with Crippen LogP contribution in [0.15, 0.2) is 0 Å². The van der Waals surface area contributed by atoms with Crippen LogP contribution in [-0.4, -0.2) is 31.1 Å². The molecule has 1 fully saturated rings. The molecule has 1 rings (SSSR count). The van der Waals surface area contributed by atoms with Crippen molar-refractivity contribution in [2.75, 3.05) is 26.2 Å². The molecule has 0 saturated carbocycles. The first-order chi connectivity index (χ1) is 6.26. The van der Waals surface area contributed by atoms with Crippen LogP contribution in [-0.2, 0) is 0 Å². The van der Waals surface area contributed by atoms with E-state index in [0.717, 1.165) is 18.4 Å². The Morgan fingerprint density at radius 1 is 1.38 bits per heavy atom. The molecule has 1 atom stereocenters. The lowest BCUT2D eigenvalue weighted by Crippen LogP contribution is -2.38. The minimum atomic E-state index is 0.799. The molecule has 0 aliphatic carbocycles. The number of hydrogen-bond acceptors (Lipinski definition) is 2. The van der Waals surface area contributed by atoms with Gasteiger partial charge in [0.2, 0.25) is 0 Å². The van der Waals surface area contributed by atoms with Crippen LogP contribution in [0.5, 0.6) is 0 Å². The van der Waals surface area contributed by atoms with E-state index in [4.69, 9.17) is 5.73 Å². The predicted octanol–water partition coefficient (Wildman–Crippen LogP) is 1.70. The van der Waals surface area contributed by atoms with Gasteiger partial charge in [-0.25, -0.2) is 0 Å². The normalized spacial score (nSPS) is 23.3. The van der Waals surface area contributed by atoms with Crippen LogP contribution in [0.25, 0.3) is 0 Å². The van der Waals surface area contributed by atoms with Gasteiger partial charge in [-0.2, -0.15) is 0 Å². The quantitative estimate of drug-likeness (QED) is 0.720. The Balaban J connectivity index is 2.17. The molecule has 1 heterocycles. The van der Waals surface area contributed by atoms with Crippen molar-refractivity contribution in [1.29, 1.82) is 0 Å². The van der Waals surface area contributed by atoms with Crippen molar-refractivity contribution in [3.63, 3.8) is 0 Å². The van der Waals surface area contributed by atoms with Crippen LogP contribution in [0.1, 0.15) is 33.1 Å². The molecular formula is C11H24N2. The van der Waals surface area contributed by atoms with Gasteiger partial charge in [0.15, 0.2) is 0 Å². The number of likely N-dealkylation sites (tertiary alicyclic amines) is 1. The summed E-state index contributed by atoms with van der Waals surface area (Å²) in [6.45, 7) is 9.33. The number of nitrogens with two attached hydrogens (primary N) is 1. The molecular weight excluding hydrogens is 160 g/mol. The Hall–Kier alpha value is -0.0800. The van der Waals surface area contributed by atoms with E-state index in [9.17, 15) is 0 Å². The van der Waals surface area contributed by atoms with E-state index in [1.54, 1.807) is 0 Å². The van der Waals surface area contributed by atoms with Crippen LogP contribution in [0.4, 0.5) is 0 Å². The van der Waals surface area contributed by atoms with Crippen molar-refractivity contribution in [1.82, 2.24) is 4.90 Å². The molecule has 0 radical (unpaired) electrons. The molecule has 0 amide bonds. The maximum Gasteiger partial charge on any atom is 0.000692 e. The standard InChI is InChI=1S/C11H24N2/c1-3-10(2)9-13-6-4-11(8-12)5-7-13/h10-11H,3-9,12H2,1-2H3. The molecule has 1 aliphatic rings. The summed E-state index contributed by atoms with van der Waals surface area (Å²) < 4.78 is 0. The third-order valence-corrected chi connectivity index (χ3v) is 3.31. The molecule has 2 nitrogen and oxygen atoms in total. The maximum absolute atomic E-state index is 5.66. The number of rotatable bonds is 4. The van der Waals surface area contributed by atoms with Crippen molar-refractivity contribution in [3.8, 4) is 0 Å². The Kier molecular flexibility index (Phi) is 4.74. The molecule has 1 aliphatic heterocycles. The van der Waals surface area contributed by atoms with E-state index in [2.05, 4.69) is 18.7 Å². The lowest BCUT2D eigenvalue weighted by atomic mass is 9.96. The Labute approximate surface area is 82.5 Å². The van der Waals surface area contributed by atoms with Crippen LogP contribution < -0.4 is 5.73 Å². The van der Waals surface area contributed by atoms with Crippen molar-refractivity contribution < 1.29 is 0 Å². The number of nitrogens with zero attached hydrogens (tertiary/aromatic N) is 1. The first-order valence-electron chi connectivity index (χ1n) is 5.68. The third-order valence-electron chi connectivity index (χ3n) is 3.31. The van der Waals surface area contributed by atoms with E-state index < -0.39 is 0 Å². The highest BCUT2D eigenvalue weighted by Gasteiger charge is 2.18. The monoisotopic (exact) mass is 184 g/mol. The molecule has 78 valence electrons. The van der Waals surface area contributed by atoms with Crippen LogP contribution in [0.3, 0.4) is 0 Å². The van der Waals surface area contributed by atoms with Crippen molar-refractivity contribution in [2.24, 2.45) is 17.6 Å². The summed E-state index contributed by atoms with van der Waals surface area (Å²) in [6, 6.07) is 0. The molecule has 0 aromatic carbocycles. The first-order valence-corrected chi connectivity index (χ1v) is 5.68. The highest BCUT2D eigenvalue weighted by atomic mass is 15.1. The topological polar surface area (TPSA) is 29.3 Å². The second-order valence-electron chi connectivity index (χ2n) is 4.49. The van der Waals surface area contributed by atoms with Crippen molar-refractivity contribution in [2.45, 2.75) is 33.1 Å². The van der Waals surface area contributed by atoms with E-state index >= 15 is 0 Å². The second kappa shape index (κ2) is 5.61. The Morgan fingerprint density at radius 2 is 2.00 bits per heavy atom. The fraction of sp³-hybridized carbons (Fsp3) is 1.00. The van der Waals surface area contributed by atoms with Crippen molar-refractivity contribution in [3.05, 3.63) is 0 Å².